The third kappa shape index (κ3) is 9.12. The molecule has 4 N–H and O–H groups in total. The fourth-order valence-corrected chi connectivity index (χ4v) is 7.05. The van der Waals surface area contributed by atoms with Gasteiger partial charge in [0, 0.05) is 48.8 Å². The number of rotatable bonds is 9. The molecule has 15 heteroatoms. The summed E-state index contributed by atoms with van der Waals surface area (Å²) >= 11 is 9.05. The van der Waals surface area contributed by atoms with Crippen molar-refractivity contribution in [2.45, 2.75) is 6.92 Å². The topological polar surface area (TPSA) is 168 Å². The number of benzene rings is 2. The summed E-state index contributed by atoms with van der Waals surface area (Å²) in [5.41, 5.74) is 4.09. The molecule has 2 aromatic carbocycles. The van der Waals surface area contributed by atoms with Crippen molar-refractivity contribution in [3.63, 3.8) is 0 Å². The molecule has 0 bridgehead atoms. The van der Waals surface area contributed by atoms with Crippen LogP contribution in [0.25, 0.3) is 22.3 Å². The number of methoxy groups -OCH3 is 1. The van der Waals surface area contributed by atoms with E-state index >= 15 is 0 Å². The van der Waals surface area contributed by atoms with Crippen LogP contribution in [0, 0.1) is 6.92 Å². The number of carbonyl (C=O) groups is 4. The van der Waals surface area contributed by atoms with E-state index in [2.05, 4.69) is 52.5 Å². The first-order valence-corrected chi connectivity index (χ1v) is 18.1. The van der Waals surface area contributed by atoms with Crippen molar-refractivity contribution in [1.29, 1.82) is 0 Å². The third-order valence-corrected chi connectivity index (χ3v) is 9.96. The van der Waals surface area contributed by atoms with Crippen molar-refractivity contribution >= 4 is 88.3 Å². The summed E-state index contributed by atoms with van der Waals surface area (Å²) < 4.78 is 6.80. The highest BCUT2D eigenvalue weighted by Crippen LogP contribution is 2.37. The van der Waals surface area contributed by atoms with Gasteiger partial charge >= 0.3 is 11.9 Å². The number of hydrogen-bond acceptors (Lipinski definition) is 9. The number of hydrogen-bond donors (Lipinski definition) is 4. The molecule has 51 heavy (non-hydrogen) atoms. The largest absolute Gasteiger partial charge is 0.481 e. The predicted molar refractivity (Wildman–Crippen MR) is 204 cm³/mol. The smallest absolute Gasteiger partial charge is 0.339 e. The second-order valence-corrected chi connectivity index (χ2v) is 14.1. The molecule has 0 saturated carbocycles. The highest BCUT2D eigenvalue weighted by atomic mass is 79.9. The Morgan fingerprint density at radius 3 is 1.67 bits per heavy atom. The lowest BCUT2D eigenvalue weighted by Gasteiger charge is -2.07. The number of anilines is 2. The van der Waals surface area contributed by atoms with Gasteiger partial charge in [-0.25, -0.2) is 14.6 Å². The summed E-state index contributed by atoms with van der Waals surface area (Å²) in [6.07, 6.45) is 1.47. The second kappa shape index (κ2) is 16.7. The van der Waals surface area contributed by atoms with Crippen LogP contribution in [0.4, 0.5) is 10.0 Å². The maximum Gasteiger partial charge on any atom is 0.339 e. The van der Waals surface area contributed by atoms with Crippen molar-refractivity contribution in [2.75, 3.05) is 17.7 Å². The van der Waals surface area contributed by atoms with E-state index in [9.17, 15) is 29.4 Å². The minimum absolute atomic E-state index is 0.0496. The molecule has 0 atom stereocenters. The van der Waals surface area contributed by atoms with Crippen LogP contribution in [0.5, 0.6) is 5.88 Å². The van der Waals surface area contributed by atoms with Gasteiger partial charge in [0.15, 0.2) is 0 Å². The van der Waals surface area contributed by atoms with Crippen molar-refractivity contribution in [2.24, 2.45) is 0 Å². The van der Waals surface area contributed by atoms with Gasteiger partial charge < -0.3 is 25.6 Å². The predicted octanol–water partition coefficient (Wildman–Crippen LogP) is 9.36. The molecule has 6 rings (SSSR count). The number of ether oxygens (including phenoxy) is 1. The number of nitrogens with zero attached hydrogens (tertiary/aromatic N) is 2. The van der Waals surface area contributed by atoms with Crippen LogP contribution in [0.2, 0.25) is 0 Å². The third-order valence-electron chi connectivity index (χ3n) is 7.11. The minimum Gasteiger partial charge on any atom is -0.481 e. The number of aryl methyl sites for hydroxylation is 1. The zero-order chi connectivity index (χ0) is 36.7. The van der Waals surface area contributed by atoms with Gasteiger partial charge in [-0.15, -0.1) is 22.7 Å². The molecule has 0 saturated heterocycles. The van der Waals surface area contributed by atoms with E-state index in [0.717, 1.165) is 37.1 Å². The number of nitrogens with one attached hydrogen (secondary N) is 2. The summed E-state index contributed by atoms with van der Waals surface area (Å²) in [7, 11) is 1.45. The Bertz CT molecular complexity index is 2220. The van der Waals surface area contributed by atoms with Crippen LogP contribution in [0.1, 0.15) is 47.3 Å². The Morgan fingerprint density at radius 2 is 1.22 bits per heavy atom. The van der Waals surface area contributed by atoms with Gasteiger partial charge in [-0.1, -0.05) is 62.2 Å². The van der Waals surface area contributed by atoms with Gasteiger partial charge in [0.05, 0.1) is 12.7 Å². The lowest BCUT2D eigenvalue weighted by molar-refractivity contribution is 0.0688. The van der Waals surface area contributed by atoms with E-state index in [4.69, 9.17) is 4.74 Å². The highest BCUT2D eigenvalue weighted by molar-refractivity contribution is 9.10. The van der Waals surface area contributed by atoms with Crippen LogP contribution in [0.15, 0.2) is 105 Å². The van der Waals surface area contributed by atoms with Crippen LogP contribution in [-0.2, 0) is 0 Å². The second-order valence-electron chi connectivity index (χ2n) is 10.5. The fraction of sp³-hybridized carbons (Fsp3) is 0.0556. The van der Waals surface area contributed by atoms with Crippen molar-refractivity contribution < 1.29 is 34.1 Å². The lowest BCUT2D eigenvalue weighted by Crippen LogP contribution is -2.15. The quantitative estimate of drug-likeness (QED) is 0.111. The van der Waals surface area contributed by atoms with Crippen LogP contribution in [-0.4, -0.2) is 51.0 Å². The zero-order valence-electron chi connectivity index (χ0n) is 26.6. The van der Waals surface area contributed by atoms with E-state index in [1.165, 1.54) is 30.7 Å². The molecule has 6 aromatic rings. The molecule has 11 nitrogen and oxygen atoms in total. The molecular weight excluding hydrogens is 824 g/mol. The highest BCUT2D eigenvalue weighted by Gasteiger charge is 2.23. The number of halogens is 2. The minimum atomic E-state index is -1.11. The first-order valence-electron chi connectivity index (χ1n) is 14.7. The number of aromatic nitrogens is 2. The van der Waals surface area contributed by atoms with Gasteiger partial charge in [-0.3, -0.25) is 14.6 Å². The number of thiophene rings is 2. The van der Waals surface area contributed by atoms with Crippen molar-refractivity contribution in [3.05, 3.63) is 133 Å². The number of amides is 2. The van der Waals surface area contributed by atoms with Crippen LogP contribution < -0.4 is 15.4 Å². The lowest BCUT2D eigenvalue weighted by atomic mass is 10.0. The molecule has 4 aromatic heterocycles. The van der Waals surface area contributed by atoms with Gasteiger partial charge in [0.1, 0.15) is 26.8 Å². The van der Waals surface area contributed by atoms with Gasteiger partial charge in [-0.05, 0) is 60.5 Å². The SMILES string of the molecule is COc1cccc(C(=O)Nc2scc(-c3ccc(Br)cc3)c2C(=O)O)n1.Cc1ccc(C(=O)Nc2scc(-c3ccc(Br)cc3)c2C(=O)O)cn1. The summed E-state index contributed by atoms with van der Waals surface area (Å²) in [6, 6.07) is 22.8. The average Bonchev–Trinajstić information content (AvgIpc) is 3.74. The fourth-order valence-electron chi connectivity index (χ4n) is 4.61. The monoisotopic (exact) mass is 848 g/mol. The number of carboxylic acids is 2. The van der Waals surface area contributed by atoms with Crippen molar-refractivity contribution in [3.8, 4) is 28.1 Å². The molecule has 0 aliphatic heterocycles. The van der Waals surface area contributed by atoms with Gasteiger partial charge in [0.25, 0.3) is 11.8 Å². The first kappa shape index (κ1) is 37.0. The number of carboxylic acid groups (broad SMARTS) is 2. The normalized spacial score (nSPS) is 10.4. The number of carbonyl (C=O) groups excluding carboxylic acids is 2. The maximum atomic E-state index is 12.4. The average molecular weight is 851 g/mol. The Hall–Kier alpha value is -5.22. The Morgan fingerprint density at radius 1 is 0.706 bits per heavy atom. The Kier molecular flexibility index (Phi) is 12.1. The van der Waals surface area contributed by atoms with Crippen molar-refractivity contribution in [1.82, 2.24) is 9.97 Å². The summed E-state index contributed by atoms with van der Waals surface area (Å²) in [4.78, 5) is 56.4. The van der Waals surface area contributed by atoms with Gasteiger partial charge in [-0.2, -0.15) is 0 Å². The van der Waals surface area contributed by atoms with E-state index in [1.54, 1.807) is 35.0 Å². The summed E-state index contributed by atoms with van der Waals surface area (Å²) in [6.45, 7) is 1.83. The molecule has 0 radical (unpaired) electrons. The Balaban J connectivity index is 0.000000198. The standard InChI is InChI=1S/C18H13BrN2O4S.C18H13BrN2O3S/c1-25-14-4-2-3-13(20-14)16(22)21-17-15(18(23)24)12(9-26-17)10-5-7-11(19)8-6-10;1-10-2-3-12(8-20-10)16(22)21-17-15(18(23)24)14(9-25-17)11-4-6-13(19)7-5-11/h2-9H,1H3,(H,21,22)(H,23,24);2-9H,1H3,(H,21,22)(H,23,24). The first-order chi connectivity index (χ1) is 24.4. The van der Waals surface area contributed by atoms with Gasteiger partial charge in [0.2, 0.25) is 5.88 Å². The number of aromatic carboxylic acids is 2. The molecule has 0 aliphatic carbocycles. The molecule has 0 fully saturated rings. The van der Waals surface area contributed by atoms with Crippen LogP contribution >= 0.6 is 54.5 Å². The summed E-state index contributed by atoms with van der Waals surface area (Å²) in [5.74, 6) is -2.79. The Labute approximate surface area is 316 Å². The molecule has 2 amide bonds. The van der Waals surface area contributed by atoms with E-state index in [0.29, 0.717) is 27.6 Å². The van der Waals surface area contributed by atoms with E-state index in [-0.39, 0.29) is 27.7 Å². The molecule has 258 valence electrons. The molecule has 0 unspecified atom stereocenters. The molecule has 4 heterocycles. The maximum absolute atomic E-state index is 12.4. The van der Waals surface area contributed by atoms with E-state index in [1.807, 2.05) is 55.5 Å². The zero-order valence-corrected chi connectivity index (χ0v) is 31.4. The van der Waals surface area contributed by atoms with Crippen LogP contribution in [0.3, 0.4) is 0 Å². The number of pyridine rings is 2. The molecular formula is C36H26Br2N4O7S2. The van der Waals surface area contributed by atoms with E-state index < -0.39 is 17.8 Å². The molecule has 0 aliphatic rings. The summed E-state index contributed by atoms with van der Waals surface area (Å²) in [5, 5.41) is 28.5. The molecule has 0 spiro atoms.